The summed E-state index contributed by atoms with van der Waals surface area (Å²) in [4.78, 5) is 0. The molecule has 1 aliphatic rings. The van der Waals surface area contributed by atoms with Gasteiger partial charge in [-0.15, -0.1) is 0 Å². The van der Waals surface area contributed by atoms with Crippen molar-refractivity contribution in [1.29, 1.82) is 0 Å². The quantitative estimate of drug-likeness (QED) is 0.587. The first kappa shape index (κ1) is 10.1. The van der Waals surface area contributed by atoms with E-state index in [1.165, 1.54) is 16.7 Å². The van der Waals surface area contributed by atoms with Crippen LogP contribution in [-0.4, -0.2) is 6.61 Å². The molecule has 0 saturated heterocycles. The standard InChI is InChI=1S/C12H18O/c1-5-9(2)8-11(4)12-10(3)6-7-13-12/h5,8H,6-7H2,1-4H3/b9-5-,11-8-. The summed E-state index contributed by atoms with van der Waals surface area (Å²) in [5, 5.41) is 0. The van der Waals surface area contributed by atoms with E-state index in [1.54, 1.807) is 0 Å². The maximum atomic E-state index is 5.56. The van der Waals surface area contributed by atoms with E-state index in [-0.39, 0.29) is 0 Å². The van der Waals surface area contributed by atoms with Gasteiger partial charge in [0.05, 0.1) is 6.61 Å². The molecular formula is C12H18O. The van der Waals surface area contributed by atoms with Crippen LogP contribution in [0.4, 0.5) is 0 Å². The first-order chi connectivity index (χ1) is 6.15. The van der Waals surface area contributed by atoms with Crippen LogP contribution < -0.4 is 0 Å². The lowest BCUT2D eigenvalue weighted by molar-refractivity contribution is 0.252. The summed E-state index contributed by atoms with van der Waals surface area (Å²) in [5.41, 5.74) is 3.90. The lowest BCUT2D eigenvalue weighted by Crippen LogP contribution is -1.88. The van der Waals surface area contributed by atoms with Gasteiger partial charge in [0.25, 0.3) is 0 Å². The largest absolute Gasteiger partial charge is 0.493 e. The molecule has 0 amide bonds. The van der Waals surface area contributed by atoms with Gasteiger partial charge in [-0.05, 0) is 38.8 Å². The molecule has 0 aromatic rings. The van der Waals surface area contributed by atoms with E-state index in [9.17, 15) is 0 Å². The van der Waals surface area contributed by atoms with Gasteiger partial charge in [-0.3, -0.25) is 0 Å². The van der Waals surface area contributed by atoms with Crippen molar-refractivity contribution >= 4 is 0 Å². The van der Waals surface area contributed by atoms with Crippen molar-refractivity contribution in [1.82, 2.24) is 0 Å². The maximum absolute atomic E-state index is 5.56. The Morgan fingerprint density at radius 2 is 2.08 bits per heavy atom. The zero-order valence-corrected chi connectivity index (χ0v) is 8.98. The number of rotatable bonds is 2. The SMILES string of the molecule is C/C=C(C)\C=C(\C)C1=C(C)CCO1. The topological polar surface area (TPSA) is 9.23 Å². The summed E-state index contributed by atoms with van der Waals surface area (Å²) in [6.45, 7) is 9.26. The summed E-state index contributed by atoms with van der Waals surface area (Å²) in [6, 6.07) is 0. The normalized spacial score (nSPS) is 19.4. The average Bonchev–Trinajstić information content (AvgIpc) is 2.51. The minimum atomic E-state index is 0.848. The van der Waals surface area contributed by atoms with Crippen LogP contribution in [0, 0.1) is 0 Å². The number of hydrogen-bond acceptors (Lipinski definition) is 1. The Bertz CT molecular complexity index is 279. The Balaban J connectivity index is 2.84. The average molecular weight is 178 g/mol. The van der Waals surface area contributed by atoms with Crippen LogP contribution in [0.3, 0.4) is 0 Å². The zero-order chi connectivity index (χ0) is 9.84. The molecular weight excluding hydrogens is 160 g/mol. The lowest BCUT2D eigenvalue weighted by Gasteiger charge is -2.04. The van der Waals surface area contributed by atoms with Crippen LogP contribution in [0.2, 0.25) is 0 Å². The van der Waals surface area contributed by atoms with Gasteiger partial charge < -0.3 is 4.74 Å². The van der Waals surface area contributed by atoms with Gasteiger partial charge in [-0.2, -0.15) is 0 Å². The minimum Gasteiger partial charge on any atom is -0.493 e. The molecule has 0 radical (unpaired) electrons. The van der Waals surface area contributed by atoms with Crippen molar-refractivity contribution in [3.8, 4) is 0 Å². The third kappa shape index (κ3) is 2.48. The van der Waals surface area contributed by atoms with Crippen LogP contribution in [0.5, 0.6) is 0 Å². The van der Waals surface area contributed by atoms with E-state index in [0.717, 1.165) is 18.8 Å². The third-order valence-electron chi connectivity index (χ3n) is 2.37. The Kier molecular flexibility index (Phi) is 3.35. The van der Waals surface area contributed by atoms with Crippen LogP contribution in [-0.2, 0) is 4.74 Å². The molecule has 1 heterocycles. The van der Waals surface area contributed by atoms with Crippen molar-refractivity contribution in [2.75, 3.05) is 6.61 Å². The fraction of sp³-hybridized carbons (Fsp3) is 0.500. The van der Waals surface area contributed by atoms with Crippen molar-refractivity contribution < 1.29 is 4.74 Å². The molecule has 0 aromatic heterocycles. The molecule has 0 bridgehead atoms. The molecule has 0 aromatic carbocycles. The van der Waals surface area contributed by atoms with Gasteiger partial charge >= 0.3 is 0 Å². The fourth-order valence-electron chi connectivity index (χ4n) is 1.48. The second-order valence-corrected chi connectivity index (χ2v) is 3.57. The van der Waals surface area contributed by atoms with Gasteiger partial charge in [0, 0.05) is 6.42 Å². The van der Waals surface area contributed by atoms with E-state index >= 15 is 0 Å². The van der Waals surface area contributed by atoms with Gasteiger partial charge in [0.15, 0.2) is 0 Å². The fourth-order valence-corrected chi connectivity index (χ4v) is 1.48. The number of allylic oxidation sites excluding steroid dienone is 4. The molecule has 0 saturated carbocycles. The van der Waals surface area contributed by atoms with Gasteiger partial charge in [-0.25, -0.2) is 0 Å². The van der Waals surface area contributed by atoms with Gasteiger partial charge in [0.2, 0.25) is 0 Å². The minimum absolute atomic E-state index is 0.848. The smallest absolute Gasteiger partial charge is 0.121 e. The Morgan fingerprint density at radius 1 is 1.38 bits per heavy atom. The Morgan fingerprint density at radius 3 is 2.54 bits per heavy atom. The molecule has 1 nitrogen and oxygen atoms in total. The second-order valence-electron chi connectivity index (χ2n) is 3.57. The lowest BCUT2D eigenvalue weighted by atomic mass is 10.1. The molecule has 1 heteroatoms. The van der Waals surface area contributed by atoms with Crippen molar-refractivity contribution in [2.24, 2.45) is 0 Å². The third-order valence-corrected chi connectivity index (χ3v) is 2.37. The highest BCUT2D eigenvalue weighted by molar-refractivity contribution is 5.35. The van der Waals surface area contributed by atoms with Gasteiger partial charge in [0.1, 0.15) is 5.76 Å². The van der Waals surface area contributed by atoms with E-state index in [2.05, 4.69) is 39.8 Å². The Labute approximate surface area is 80.8 Å². The molecule has 0 fully saturated rings. The molecule has 0 N–H and O–H groups in total. The van der Waals surface area contributed by atoms with Crippen molar-refractivity contribution in [3.05, 3.63) is 34.6 Å². The van der Waals surface area contributed by atoms with Gasteiger partial charge in [-0.1, -0.05) is 17.7 Å². The molecule has 0 unspecified atom stereocenters. The summed E-state index contributed by atoms with van der Waals surface area (Å²) >= 11 is 0. The first-order valence-electron chi connectivity index (χ1n) is 4.79. The summed E-state index contributed by atoms with van der Waals surface area (Å²) in [7, 11) is 0. The molecule has 0 spiro atoms. The summed E-state index contributed by atoms with van der Waals surface area (Å²) in [6.07, 6.45) is 5.36. The highest BCUT2D eigenvalue weighted by atomic mass is 16.5. The monoisotopic (exact) mass is 178 g/mol. The summed E-state index contributed by atoms with van der Waals surface area (Å²) < 4.78 is 5.56. The van der Waals surface area contributed by atoms with E-state index in [4.69, 9.17) is 4.74 Å². The van der Waals surface area contributed by atoms with Crippen LogP contribution in [0.1, 0.15) is 34.1 Å². The van der Waals surface area contributed by atoms with Crippen molar-refractivity contribution in [3.63, 3.8) is 0 Å². The molecule has 13 heavy (non-hydrogen) atoms. The van der Waals surface area contributed by atoms with E-state index in [0.29, 0.717) is 0 Å². The molecule has 0 aliphatic carbocycles. The maximum Gasteiger partial charge on any atom is 0.121 e. The zero-order valence-electron chi connectivity index (χ0n) is 8.98. The van der Waals surface area contributed by atoms with Crippen molar-refractivity contribution in [2.45, 2.75) is 34.1 Å². The molecule has 72 valence electrons. The molecule has 1 rings (SSSR count). The highest BCUT2D eigenvalue weighted by Crippen LogP contribution is 2.25. The van der Waals surface area contributed by atoms with E-state index < -0.39 is 0 Å². The first-order valence-corrected chi connectivity index (χ1v) is 4.79. The molecule has 0 atom stereocenters. The van der Waals surface area contributed by atoms with E-state index in [1.807, 2.05) is 0 Å². The second kappa shape index (κ2) is 4.31. The predicted octanol–water partition coefficient (Wildman–Crippen LogP) is 3.59. The summed E-state index contributed by atoms with van der Waals surface area (Å²) in [5.74, 6) is 1.10. The number of hydrogen-bond donors (Lipinski definition) is 0. The van der Waals surface area contributed by atoms with Crippen LogP contribution >= 0.6 is 0 Å². The number of ether oxygens (including phenoxy) is 1. The Hall–Kier alpha value is -0.980. The predicted molar refractivity (Wildman–Crippen MR) is 56.5 cm³/mol. The van der Waals surface area contributed by atoms with Crippen LogP contribution in [0.25, 0.3) is 0 Å². The highest BCUT2D eigenvalue weighted by Gasteiger charge is 2.12. The molecule has 1 aliphatic heterocycles. The van der Waals surface area contributed by atoms with Crippen LogP contribution in [0.15, 0.2) is 34.6 Å².